The maximum Gasteiger partial charge on any atom is 0.334 e. The molecule has 0 saturated heterocycles. The van der Waals surface area contributed by atoms with Gasteiger partial charge in [-0.2, -0.15) is 0 Å². The second-order valence-electron chi connectivity index (χ2n) is 4.05. The Morgan fingerprint density at radius 2 is 1.95 bits per heavy atom. The average molecular weight is 282 g/mol. The Morgan fingerprint density at radius 3 is 2.65 bits per heavy atom. The molecule has 20 heavy (non-hydrogen) atoms. The number of carbonyl (C=O) groups is 2. The molecule has 8 nitrogen and oxygen atoms in total. The summed E-state index contributed by atoms with van der Waals surface area (Å²) in [6, 6.07) is 4.26. The molecule has 1 heterocycles. The van der Waals surface area contributed by atoms with E-state index >= 15 is 0 Å². The van der Waals surface area contributed by atoms with Gasteiger partial charge in [0.05, 0.1) is 6.54 Å². The Balaban J connectivity index is 1.89. The number of ether oxygens (including phenoxy) is 2. The van der Waals surface area contributed by atoms with E-state index in [0.717, 1.165) is 0 Å². The van der Waals surface area contributed by atoms with E-state index in [-0.39, 0.29) is 6.54 Å². The highest BCUT2D eigenvalue weighted by Crippen LogP contribution is 2.32. The summed E-state index contributed by atoms with van der Waals surface area (Å²) in [4.78, 5) is 21.9. The van der Waals surface area contributed by atoms with Crippen LogP contribution in [-0.2, 0) is 4.79 Å². The molecule has 1 aromatic carbocycles. The number of aliphatic hydroxyl groups is 1. The van der Waals surface area contributed by atoms with Crippen molar-refractivity contribution in [1.82, 2.24) is 5.32 Å². The summed E-state index contributed by atoms with van der Waals surface area (Å²) in [6.07, 6.45) is -1.64. The number of carboxylic acids is 1. The number of urea groups is 1. The molecule has 8 heteroatoms. The van der Waals surface area contributed by atoms with Crippen molar-refractivity contribution in [3.8, 4) is 11.5 Å². The van der Waals surface area contributed by atoms with Gasteiger partial charge in [0.25, 0.3) is 0 Å². The lowest BCUT2D eigenvalue weighted by atomic mass is 10.2. The number of hydrogen-bond acceptors (Lipinski definition) is 5. The van der Waals surface area contributed by atoms with Gasteiger partial charge in [-0.1, -0.05) is 0 Å². The molecule has 0 bridgehead atoms. The van der Waals surface area contributed by atoms with Gasteiger partial charge in [0.1, 0.15) is 13.2 Å². The maximum atomic E-state index is 11.5. The van der Waals surface area contributed by atoms with Gasteiger partial charge in [-0.15, -0.1) is 0 Å². The predicted molar refractivity (Wildman–Crippen MR) is 68.1 cm³/mol. The lowest BCUT2D eigenvalue weighted by Crippen LogP contribution is -2.38. The molecule has 108 valence electrons. The van der Waals surface area contributed by atoms with Crippen LogP contribution in [-0.4, -0.2) is 48.1 Å². The normalized spacial score (nSPS) is 14.2. The minimum atomic E-state index is -1.64. The third-order valence-electron chi connectivity index (χ3n) is 2.54. The number of benzene rings is 1. The Kier molecular flexibility index (Phi) is 4.26. The third-order valence-corrected chi connectivity index (χ3v) is 2.54. The Bertz CT molecular complexity index is 519. The fourth-order valence-corrected chi connectivity index (χ4v) is 1.57. The average Bonchev–Trinajstić information content (AvgIpc) is 2.44. The van der Waals surface area contributed by atoms with Crippen LogP contribution in [0.1, 0.15) is 0 Å². The molecule has 0 saturated carbocycles. The zero-order valence-corrected chi connectivity index (χ0v) is 10.5. The summed E-state index contributed by atoms with van der Waals surface area (Å²) in [5.41, 5.74) is 0.469. The minimum absolute atomic E-state index is 0.383. The highest BCUT2D eigenvalue weighted by molar-refractivity contribution is 5.90. The van der Waals surface area contributed by atoms with Crippen molar-refractivity contribution in [3.05, 3.63) is 18.2 Å². The van der Waals surface area contributed by atoms with Crippen LogP contribution in [0.3, 0.4) is 0 Å². The third kappa shape index (κ3) is 3.51. The van der Waals surface area contributed by atoms with Crippen LogP contribution in [0.25, 0.3) is 0 Å². The summed E-state index contributed by atoms with van der Waals surface area (Å²) < 4.78 is 10.7. The lowest BCUT2D eigenvalue weighted by Gasteiger charge is -2.19. The molecule has 1 aromatic rings. The van der Waals surface area contributed by atoms with Crippen molar-refractivity contribution in [2.75, 3.05) is 25.1 Å². The SMILES string of the molecule is O=C(NCC(O)C(=O)O)Nc1ccc2c(c1)OCCO2. The van der Waals surface area contributed by atoms with Gasteiger partial charge < -0.3 is 30.3 Å². The fraction of sp³-hybridized carbons (Fsp3) is 0.333. The largest absolute Gasteiger partial charge is 0.486 e. The number of carboxylic acid groups (broad SMARTS) is 1. The van der Waals surface area contributed by atoms with Crippen molar-refractivity contribution in [2.45, 2.75) is 6.10 Å². The maximum absolute atomic E-state index is 11.5. The van der Waals surface area contributed by atoms with E-state index in [9.17, 15) is 9.59 Å². The van der Waals surface area contributed by atoms with Crippen LogP contribution in [0.2, 0.25) is 0 Å². The van der Waals surface area contributed by atoms with E-state index in [4.69, 9.17) is 19.7 Å². The van der Waals surface area contributed by atoms with E-state index < -0.39 is 18.1 Å². The molecule has 0 fully saturated rings. The van der Waals surface area contributed by atoms with Crippen LogP contribution in [0, 0.1) is 0 Å². The van der Waals surface area contributed by atoms with Crippen LogP contribution < -0.4 is 20.1 Å². The summed E-state index contributed by atoms with van der Waals surface area (Å²) in [5, 5.41) is 22.2. The number of anilines is 1. The summed E-state index contributed by atoms with van der Waals surface area (Å²) >= 11 is 0. The first-order valence-corrected chi connectivity index (χ1v) is 5.91. The molecular weight excluding hydrogens is 268 g/mol. The molecule has 1 atom stereocenters. The molecule has 4 N–H and O–H groups in total. The van der Waals surface area contributed by atoms with Gasteiger partial charge in [0, 0.05) is 11.8 Å². The number of aliphatic carboxylic acids is 1. The summed E-state index contributed by atoms with van der Waals surface area (Å²) in [7, 11) is 0. The van der Waals surface area contributed by atoms with Crippen LogP contribution in [0.5, 0.6) is 11.5 Å². The Hall–Kier alpha value is -2.48. The van der Waals surface area contributed by atoms with E-state index in [1.165, 1.54) is 0 Å². The van der Waals surface area contributed by atoms with E-state index in [1.54, 1.807) is 18.2 Å². The molecular formula is C12H14N2O6. The van der Waals surface area contributed by atoms with Crippen LogP contribution >= 0.6 is 0 Å². The molecule has 2 amide bonds. The monoisotopic (exact) mass is 282 g/mol. The molecule has 1 aliphatic heterocycles. The van der Waals surface area contributed by atoms with Crippen LogP contribution in [0.4, 0.5) is 10.5 Å². The van der Waals surface area contributed by atoms with E-state index in [2.05, 4.69) is 10.6 Å². The number of nitrogens with one attached hydrogen (secondary N) is 2. The van der Waals surface area contributed by atoms with E-state index in [1.807, 2.05) is 0 Å². The summed E-state index contributed by atoms with van der Waals surface area (Å²) in [6.45, 7) is 0.534. The first kappa shape index (κ1) is 13.9. The lowest BCUT2D eigenvalue weighted by molar-refractivity contribution is -0.146. The Labute approximate surface area is 114 Å². The predicted octanol–water partition coefficient (Wildman–Crippen LogP) is 0.0248. The van der Waals surface area contributed by atoms with Gasteiger partial charge in [-0.3, -0.25) is 0 Å². The molecule has 1 aliphatic rings. The van der Waals surface area contributed by atoms with Crippen molar-refractivity contribution >= 4 is 17.7 Å². The Morgan fingerprint density at radius 1 is 1.25 bits per heavy atom. The van der Waals surface area contributed by atoms with Crippen LogP contribution in [0.15, 0.2) is 18.2 Å². The second kappa shape index (κ2) is 6.11. The molecule has 1 unspecified atom stereocenters. The van der Waals surface area contributed by atoms with Gasteiger partial charge >= 0.3 is 12.0 Å². The van der Waals surface area contributed by atoms with Gasteiger partial charge in [-0.05, 0) is 12.1 Å². The number of fused-ring (bicyclic) bond motifs is 1. The number of hydrogen-bond donors (Lipinski definition) is 4. The summed E-state index contributed by atoms with van der Waals surface area (Å²) in [5.74, 6) is -0.271. The zero-order chi connectivity index (χ0) is 14.5. The molecule has 0 aromatic heterocycles. The smallest absolute Gasteiger partial charge is 0.334 e. The standard InChI is InChI=1S/C12H14N2O6/c15-8(11(16)17)6-13-12(18)14-7-1-2-9-10(5-7)20-4-3-19-9/h1-2,5,8,15H,3-4,6H2,(H,16,17)(H2,13,14,18). The van der Waals surface area contributed by atoms with E-state index in [0.29, 0.717) is 30.4 Å². The number of rotatable bonds is 4. The molecule has 0 aliphatic carbocycles. The second-order valence-corrected chi connectivity index (χ2v) is 4.05. The highest BCUT2D eigenvalue weighted by Gasteiger charge is 2.15. The minimum Gasteiger partial charge on any atom is -0.486 e. The highest BCUT2D eigenvalue weighted by atomic mass is 16.6. The van der Waals surface area contributed by atoms with Gasteiger partial charge in [-0.25, -0.2) is 9.59 Å². The van der Waals surface area contributed by atoms with Crippen molar-refractivity contribution in [3.63, 3.8) is 0 Å². The number of carbonyl (C=O) groups excluding carboxylic acids is 1. The zero-order valence-electron chi connectivity index (χ0n) is 10.5. The first-order valence-electron chi connectivity index (χ1n) is 5.91. The van der Waals surface area contributed by atoms with Gasteiger partial charge in [0.15, 0.2) is 17.6 Å². The number of aliphatic hydroxyl groups excluding tert-OH is 1. The van der Waals surface area contributed by atoms with Crippen molar-refractivity contribution in [2.24, 2.45) is 0 Å². The first-order chi connectivity index (χ1) is 9.56. The van der Waals surface area contributed by atoms with Gasteiger partial charge in [0.2, 0.25) is 0 Å². The topological polar surface area (TPSA) is 117 Å². The fourth-order valence-electron chi connectivity index (χ4n) is 1.57. The van der Waals surface area contributed by atoms with Crippen molar-refractivity contribution in [1.29, 1.82) is 0 Å². The molecule has 2 rings (SSSR count). The van der Waals surface area contributed by atoms with Crippen molar-refractivity contribution < 1.29 is 29.3 Å². The number of amides is 2. The quantitative estimate of drug-likeness (QED) is 0.618. The molecule has 0 radical (unpaired) electrons. The molecule has 0 spiro atoms.